The van der Waals surface area contributed by atoms with Gasteiger partial charge in [0.15, 0.2) is 0 Å². The molecular weight excluding hydrogens is 474 g/mol. The minimum absolute atomic E-state index is 0.0244. The molecule has 1 aliphatic heterocycles. The SMILES string of the molecule is CCOc1ccc(N2CC(c3nc4ccccc4n3CCCOc3ccc(Cl)c(C)c3)CC2=O)cc1. The largest absolute Gasteiger partial charge is 0.494 e. The Morgan fingerprint density at radius 1 is 1.03 bits per heavy atom. The molecule has 2 heterocycles. The molecule has 1 unspecified atom stereocenters. The molecule has 0 bridgehead atoms. The van der Waals surface area contributed by atoms with Gasteiger partial charge in [-0.1, -0.05) is 23.7 Å². The van der Waals surface area contributed by atoms with Crippen LogP contribution in [0.15, 0.2) is 66.7 Å². The van der Waals surface area contributed by atoms with Gasteiger partial charge < -0.3 is 18.9 Å². The zero-order chi connectivity index (χ0) is 25.1. The van der Waals surface area contributed by atoms with Crippen LogP contribution in [0.3, 0.4) is 0 Å². The van der Waals surface area contributed by atoms with Crippen molar-refractivity contribution < 1.29 is 14.3 Å². The summed E-state index contributed by atoms with van der Waals surface area (Å²) in [5.41, 5.74) is 3.93. The molecule has 0 N–H and O–H groups in total. The van der Waals surface area contributed by atoms with Crippen LogP contribution < -0.4 is 14.4 Å². The average molecular weight is 504 g/mol. The van der Waals surface area contributed by atoms with Gasteiger partial charge in [0, 0.05) is 36.1 Å². The molecular formula is C29H30ClN3O3. The van der Waals surface area contributed by atoms with Crippen LogP contribution in [0.2, 0.25) is 5.02 Å². The maximum Gasteiger partial charge on any atom is 0.227 e. The summed E-state index contributed by atoms with van der Waals surface area (Å²) in [6.07, 6.45) is 1.26. The van der Waals surface area contributed by atoms with Crippen molar-refractivity contribution in [3.63, 3.8) is 0 Å². The molecule has 186 valence electrons. The maximum atomic E-state index is 13.0. The van der Waals surface area contributed by atoms with Gasteiger partial charge in [-0.2, -0.15) is 0 Å². The highest BCUT2D eigenvalue weighted by molar-refractivity contribution is 6.31. The number of rotatable bonds is 9. The van der Waals surface area contributed by atoms with Crippen molar-refractivity contribution in [1.29, 1.82) is 0 Å². The molecule has 0 aliphatic carbocycles. The first-order valence-corrected chi connectivity index (χ1v) is 12.8. The number of carbonyl (C=O) groups is 1. The number of benzene rings is 3. The van der Waals surface area contributed by atoms with Crippen molar-refractivity contribution in [2.24, 2.45) is 0 Å². The number of aryl methyl sites for hydroxylation is 2. The van der Waals surface area contributed by atoms with Crippen molar-refractivity contribution in [3.05, 3.63) is 83.1 Å². The quantitative estimate of drug-likeness (QED) is 0.248. The Kier molecular flexibility index (Phi) is 7.14. The van der Waals surface area contributed by atoms with E-state index in [0.29, 0.717) is 26.2 Å². The molecule has 1 amide bonds. The molecule has 1 aromatic heterocycles. The molecule has 1 saturated heterocycles. The van der Waals surface area contributed by atoms with E-state index in [1.165, 1.54) is 0 Å². The molecule has 0 radical (unpaired) electrons. The first kappa shape index (κ1) is 24.2. The van der Waals surface area contributed by atoms with E-state index in [1.54, 1.807) is 0 Å². The molecule has 3 aromatic carbocycles. The van der Waals surface area contributed by atoms with Crippen molar-refractivity contribution >= 4 is 34.2 Å². The first-order chi connectivity index (χ1) is 17.5. The van der Waals surface area contributed by atoms with Gasteiger partial charge in [-0.25, -0.2) is 4.98 Å². The lowest BCUT2D eigenvalue weighted by Crippen LogP contribution is -2.24. The van der Waals surface area contributed by atoms with Gasteiger partial charge in [-0.05, 0) is 80.4 Å². The number of halogens is 1. The first-order valence-electron chi connectivity index (χ1n) is 12.4. The number of nitrogens with zero attached hydrogens (tertiary/aromatic N) is 3. The highest BCUT2D eigenvalue weighted by atomic mass is 35.5. The molecule has 36 heavy (non-hydrogen) atoms. The maximum absolute atomic E-state index is 13.0. The summed E-state index contributed by atoms with van der Waals surface area (Å²) in [5.74, 6) is 2.73. The second kappa shape index (κ2) is 10.6. The Balaban J connectivity index is 1.31. The topological polar surface area (TPSA) is 56.6 Å². The van der Waals surface area contributed by atoms with Crippen LogP contribution in [-0.4, -0.2) is 35.2 Å². The molecule has 5 rings (SSSR count). The van der Waals surface area contributed by atoms with Crippen LogP contribution in [0.5, 0.6) is 11.5 Å². The molecule has 0 saturated carbocycles. The lowest BCUT2D eigenvalue weighted by Gasteiger charge is -2.18. The summed E-state index contributed by atoms with van der Waals surface area (Å²) in [7, 11) is 0. The van der Waals surface area contributed by atoms with Gasteiger partial charge >= 0.3 is 0 Å². The average Bonchev–Trinajstić information content (AvgIpc) is 3.45. The predicted molar refractivity (Wildman–Crippen MR) is 143 cm³/mol. The van der Waals surface area contributed by atoms with Crippen LogP contribution in [0.4, 0.5) is 5.69 Å². The summed E-state index contributed by atoms with van der Waals surface area (Å²) >= 11 is 6.13. The molecule has 1 fully saturated rings. The number of fused-ring (bicyclic) bond motifs is 1. The minimum Gasteiger partial charge on any atom is -0.494 e. The predicted octanol–water partition coefficient (Wildman–Crippen LogP) is 6.39. The van der Waals surface area contributed by atoms with Gasteiger partial charge in [-0.15, -0.1) is 0 Å². The van der Waals surface area contributed by atoms with Crippen molar-refractivity contribution in [2.45, 2.75) is 39.2 Å². The third-order valence-electron chi connectivity index (χ3n) is 6.56. The number of carbonyl (C=O) groups excluding carboxylic acids is 1. The fourth-order valence-corrected chi connectivity index (χ4v) is 4.90. The molecule has 7 heteroatoms. The number of aromatic nitrogens is 2. The lowest BCUT2D eigenvalue weighted by atomic mass is 10.1. The highest BCUT2D eigenvalue weighted by Crippen LogP contribution is 2.34. The monoisotopic (exact) mass is 503 g/mol. The van der Waals surface area contributed by atoms with Gasteiger partial charge in [0.25, 0.3) is 0 Å². The smallest absolute Gasteiger partial charge is 0.227 e. The van der Waals surface area contributed by atoms with Crippen LogP contribution in [0.1, 0.15) is 37.1 Å². The van der Waals surface area contributed by atoms with E-state index in [-0.39, 0.29) is 11.8 Å². The van der Waals surface area contributed by atoms with E-state index in [4.69, 9.17) is 26.1 Å². The molecule has 4 aromatic rings. The van der Waals surface area contributed by atoms with Crippen LogP contribution >= 0.6 is 11.6 Å². The molecule has 0 spiro atoms. The van der Waals surface area contributed by atoms with Gasteiger partial charge in [0.05, 0.1) is 24.2 Å². The van der Waals surface area contributed by atoms with E-state index >= 15 is 0 Å². The van der Waals surface area contributed by atoms with Gasteiger partial charge in [-0.3, -0.25) is 4.79 Å². The number of hydrogen-bond acceptors (Lipinski definition) is 4. The Labute approximate surface area is 216 Å². The lowest BCUT2D eigenvalue weighted by molar-refractivity contribution is -0.117. The fourth-order valence-electron chi connectivity index (χ4n) is 4.78. The number of imidazole rings is 1. The summed E-state index contributed by atoms with van der Waals surface area (Å²) < 4.78 is 13.8. The van der Waals surface area contributed by atoms with Crippen molar-refractivity contribution in [1.82, 2.24) is 9.55 Å². The summed E-state index contributed by atoms with van der Waals surface area (Å²) in [4.78, 5) is 19.8. The number of ether oxygens (including phenoxy) is 2. The van der Waals surface area contributed by atoms with Crippen molar-refractivity contribution in [3.8, 4) is 11.5 Å². The van der Waals surface area contributed by atoms with Crippen LogP contribution in [0, 0.1) is 6.92 Å². The Morgan fingerprint density at radius 3 is 2.58 bits per heavy atom. The molecule has 1 atom stereocenters. The summed E-state index contributed by atoms with van der Waals surface area (Å²) in [6, 6.07) is 21.6. The third kappa shape index (κ3) is 5.05. The number of amides is 1. The van der Waals surface area contributed by atoms with Crippen LogP contribution in [-0.2, 0) is 11.3 Å². The minimum atomic E-state index is 0.0244. The number of anilines is 1. The van der Waals surface area contributed by atoms with Crippen LogP contribution in [0.25, 0.3) is 11.0 Å². The van der Waals surface area contributed by atoms with E-state index in [1.807, 2.05) is 79.4 Å². The van der Waals surface area contributed by atoms with E-state index in [9.17, 15) is 4.79 Å². The molecule has 1 aliphatic rings. The second-order valence-electron chi connectivity index (χ2n) is 9.06. The normalized spacial score (nSPS) is 15.6. The second-order valence-corrected chi connectivity index (χ2v) is 9.46. The van der Waals surface area contributed by atoms with Crippen molar-refractivity contribution in [2.75, 3.05) is 24.7 Å². The van der Waals surface area contributed by atoms with E-state index in [0.717, 1.165) is 57.6 Å². The fraction of sp³-hybridized carbons (Fsp3) is 0.310. The zero-order valence-corrected chi connectivity index (χ0v) is 21.4. The number of para-hydroxylation sites is 2. The third-order valence-corrected chi connectivity index (χ3v) is 6.98. The zero-order valence-electron chi connectivity index (χ0n) is 20.6. The summed E-state index contributed by atoms with van der Waals surface area (Å²) in [5, 5.41) is 0.738. The van der Waals surface area contributed by atoms with E-state index < -0.39 is 0 Å². The molecule has 6 nitrogen and oxygen atoms in total. The Morgan fingerprint density at radius 2 is 1.81 bits per heavy atom. The number of hydrogen-bond donors (Lipinski definition) is 0. The Bertz CT molecular complexity index is 1370. The van der Waals surface area contributed by atoms with E-state index in [2.05, 4.69) is 10.6 Å². The van der Waals surface area contributed by atoms with Gasteiger partial charge in [0.2, 0.25) is 5.91 Å². The Hall–Kier alpha value is -3.51. The highest BCUT2D eigenvalue weighted by Gasteiger charge is 2.34. The summed E-state index contributed by atoms with van der Waals surface area (Å²) in [6.45, 7) is 6.49. The standard InChI is InChI=1S/C29H30ClN3O3/c1-3-35-23-11-9-22(10-12-23)33-19-21(18-28(33)34)29-31-26-7-4-5-8-27(26)32(29)15-6-16-36-24-13-14-25(30)20(2)17-24/h4-5,7-14,17,21H,3,6,15-16,18-19H2,1-2H3. The van der Waals surface area contributed by atoms with Gasteiger partial charge in [0.1, 0.15) is 17.3 Å².